The Morgan fingerprint density at radius 2 is 2.00 bits per heavy atom. The third kappa shape index (κ3) is 2.17. The van der Waals surface area contributed by atoms with Gasteiger partial charge in [-0.3, -0.25) is 4.79 Å². The Morgan fingerprint density at radius 1 is 1.31 bits per heavy atom. The quantitative estimate of drug-likeness (QED) is 0.787. The van der Waals surface area contributed by atoms with Crippen LogP contribution in [-0.4, -0.2) is 18.9 Å². The molecule has 1 aliphatic heterocycles. The highest BCUT2D eigenvalue weighted by molar-refractivity contribution is 5.98. The van der Waals surface area contributed by atoms with Gasteiger partial charge in [0.05, 0.1) is 0 Å². The summed E-state index contributed by atoms with van der Waals surface area (Å²) < 4.78 is 0. The fourth-order valence-electron chi connectivity index (χ4n) is 2.28. The van der Waals surface area contributed by atoms with Crippen LogP contribution in [0.3, 0.4) is 0 Å². The van der Waals surface area contributed by atoms with Crippen LogP contribution in [0.4, 0.5) is 0 Å². The molecule has 2 nitrogen and oxygen atoms in total. The first kappa shape index (κ1) is 11.3. The zero-order valence-corrected chi connectivity index (χ0v) is 9.99. The number of nitrogens with one attached hydrogen (secondary N) is 1. The Labute approximate surface area is 97.1 Å². The van der Waals surface area contributed by atoms with Gasteiger partial charge in [0.1, 0.15) is 0 Å². The van der Waals surface area contributed by atoms with Gasteiger partial charge in [-0.25, -0.2) is 0 Å². The second kappa shape index (κ2) is 4.79. The Bertz CT molecular complexity index is 369. The molecule has 2 atom stereocenters. The van der Waals surface area contributed by atoms with Crippen LogP contribution in [-0.2, 0) is 6.42 Å². The van der Waals surface area contributed by atoms with Gasteiger partial charge in [0.2, 0.25) is 0 Å². The van der Waals surface area contributed by atoms with Gasteiger partial charge in [-0.15, -0.1) is 0 Å². The first-order valence-electron chi connectivity index (χ1n) is 6.06. The van der Waals surface area contributed by atoms with Crippen LogP contribution >= 0.6 is 0 Å². The highest BCUT2D eigenvalue weighted by Crippen LogP contribution is 2.21. The molecule has 1 fully saturated rings. The van der Waals surface area contributed by atoms with Crippen LogP contribution in [0.2, 0.25) is 0 Å². The monoisotopic (exact) mass is 217 g/mol. The van der Waals surface area contributed by atoms with Crippen molar-refractivity contribution in [3.05, 3.63) is 35.4 Å². The lowest BCUT2D eigenvalue weighted by molar-refractivity contribution is 0.0907. The Balaban J connectivity index is 2.14. The van der Waals surface area contributed by atoms with E-state index in [0.717, 1.165) is 25.1 Å². The number of ketones is 1. The normalized spacial score (nSPS) is 24.6. The molecule has 2 unspecified atom stereocenters. The predicted octanol–water partition coefficient (Wildman–Crippen LogP) is 2.29. The molecule has 2 rings (SSSR count). The molecule has 0 radical (unpaired) electrons. The molecule has 1 heterocycles. The molecule has 1 N–H and O–H groups in total. The largest absolute Gasteiger partial charge is 0.316 e. The van der Waals surface area contributed by atoms with Crippen LogP contribution in [0.1, 0.15) is 29.8 Å². The predicted molar refractivity (Wildman–Crippen MR) is 65.7 cm³/mol. The first-order chi connectivity index (χ1) is 7.72. The molecule has 2 heteroatoms. The summed E-state index contributed by atoms with van der Waals surface area (Å²) >= 11 is 0. The van der Waals surface area contributed by atoms with Gasteiger partial charge in [-0.2, -0.15) is 0 Å². The standard InChI is InChI=1S/C14H19NO/c1-3-11-4-6-12(7-5-11)14(16)13-9-15-8-10(13)2/h4-7,10,13,15H,3,8-9H2,1-2H3. The second-order valence-electron chi connectivity index (χ2n) is 4.66. The van der Waals surface area contributed by atoms with E-state index >= 15 is 0 Å². The van der Waals surface area contributed by atoms with Crippen molar-refractivity contribution in [3.8, 4) is 0 Å². The van der Waals surface area contributed by atoms with Gasteiger partial charge in [-0.05, 0) is 24.4 Å². The topological polar surface area (TPSA) is 29.1 Å². The van der Waals surface area contributed by atoms with E-state index in [-0.39, 0.29) is 5.92 Å². The fourth-order valence-corrected chi connectivity index (χ4v) is 2.28. The van der Waals surface area contributed by atoms with Gasteiger partial charge in [0, 0.05) is 18.0 Å². The highest BCUT2D eigenvalue weighted by Gasteiger charge is 2.29. The van der Waals surface area contributed by atoms with Crippen LogP contribution in [0.25, 0.3) is 0 Å². The molecule has 0 aromatic heterocycles. The molecule has 1 aromatic rings. The first-order valence-corrected chi connectivity index (χ1v) is 6.06. The number of carbonyl (C=O) groups is 1. The molecule has 0 bridgehead atoms. The summed E-state index contributed by atoms with van der Waals surface area (Å²) in [6.45, 7) is 6.06. The summed E-state index contributed by atoms with van der Waals surface area (Å²) in [4.78, 5) is 12.2. The fraction of sp³-hybridized carbons (Fsp3) is 0.500. The van der Waals surface area contributed by atoms with E-state index in [1.807, 2.05) is 12.1 Å². The summed E-state index contributed by atoms with van der Waals surface area (Å²) in [5.74, 6) is 0.908. The molecule has 0 aliphatic carbocycles. The SMILES string of the molecule is CCc1ccc(C(=O)C2CNCC2C)cc1. The molecule has 16 heavy (non-hydrogen) atoms. The Kier molecular flexibility index (Phi) is 3.39. The van der Waals surface area contributed by atoms with Gasteiger partial charge in [0.25, 0.3) is 0 Å². The van der Waals surface area contributed by atoms with Crippen molar-refractivity contribution >= 4 is 5.78 Å². The minimum absolute atomic E-state index is 0.160. The number of benzene rings is 1. The molecule has 1 aromatic carbocycles. The lowest BCUT2D eigenvalue weighted by atomic mass is 9.89. The van der Waals surface area contributed by atoms with E-state index in [1.165, 1.54) is 5.56 Å². The Hall–Kier alpha value is -1.15. The smallest absolute Gasteiger partial charge is 0.167 e. The van der Waals surface area contributed by atoms with Crippen molar-refractivity contribution in [2.24, 2.45) is 11.8 Å². The summed E-state index contributed by atoms with van der Waals surface area (Å²) in [5.41, 5.74) is 2.15. The van der Waals surface area contributed by atoms with Crippen LogP contribution < -0.4 is 5.32 Å². The summed E-state index contributed by atoms with van der Waals surface area (Å²) in [5, 5.41) is 3.27. The van der Waals surface area contributed by atoms with Crippen molar-refractivity contribution in [3.63, 3.8) is 0 Å². The van der Waals surface area contributed by atoms with Crippen molar-refractivity contribution in [2.75, 3.05) is 13.1 Å². The zero-order chi connectivity index (χ0) is 11.5. The average molecular weight is 217 g/mol. The molecular weight excluding hydrogens is 198 g/mol. The third-order valence-corrected chi connectivity index (χ3v) is 3.50. The van der Waals surface area contributed by atoms with Crippen molar-refractivity contribution in [1.82, 2.24) is 5.32 Å². The van der Waals surface area contributed by atoms with Crippen molar-refractivity contribution in [1.29, 1.82) is 0 Å². The lowest BCUT2D eigenvalue weighted by Crippen LogP contribution is -2.21. The van der Waals surface area contributed by atoms with Crippen LogP contribution in [0.5, 0.6) is 0 Å². The highest BCUT2D eigenvalue weighted by atomic mass is 16.1. The van der Waals surface area contributed by atoms with E-state index in [0.29, 0.717) is 11.7 Å². The summed E-state index contributed by atoms with van der Waals surface area (Å²) in [6, 6.07) is 8.04. The van der Waals surface area contributed by atoms with Gasteiger partial charge < -0.3 is 5.32 Å². The molecule has 0 saturated carbocycles. The van der Waals surface area contributed by atoms with Gasteiger partial charge >= 0.3 is 0 Å². The number of Topliss-reactive ketones (excluding diaryl/α,β-unsaturated/α-hetero) is 1. The van der Waals surface area contributed by atoms with E-state index in [2.05, 4.69) is 31.3 Å². The number of hydrogen-bond donors (Lipinski definition) is 1. The molecule has 1 aliphatic rings. The lowest BCUT2D eigenvalue weighted by Gasteiger charge is -2.12. The number of aryl methyl sites for hydroxylation is 1. The maximum Gasteiger partial charge on any atom is 0.167 e. The maximum atomic E-state index is 12.2. The van der Waals surface area contributed by atoms with Crippen LogP contribution in [0, 0.1) is 11.8 Å². The number of hydrogen-bond acceptors (Lipinski definition) is 2. The maximum absolute atomic E-state index is 12.2. The minimum atomic E-state index is 0.160. The molecule has 0 amide bonds. The average Bonchev–Trinajstić information content (AvgIpc) is 2.75. The van der Waals surface area contributed by atoms with E-state index in [4.69, 9.17) is 0 Å². The number of carbonyl (C=O) groups excluding carboxylic acids is 1. The third-order valence-electron chi connectivity index (χ3n) is 3.50. The Morgan fingerprint density at radius 3 is 2.50 bits per heavy atom. The second-order valence-corrected chi connectivity index (χ2v) is 4.66. The molecule has 0 spiro atoms. The van der Waals surface area contributed by atoms with Crippen molar-refractivity contribution in [2.45, 2.75) is 20.3 Å². The van der Waals surface area contributed by atoms with Gasteiger partial charge in [-0.1, -0.05) is 38.1 Å². The van der Waals surface area contributed by atoms with E-state index < -0.39 is 0 Å². The minimum Gasteiger partial charge on any atom is -0.316 e. The van der Waals surface area contributed by atoms with E-state index in [1.54, 1.807) is 0 Å². The molecular formula is C14H19NO. The summed E-state index contributed by atoms with van der Waals surface area (Å²) in [7, 11) is 0. The zero-order valence-electron chi connectivity index (χ0n) is 9.99. The van der Waals surface area contributed by atoms with Crippen molar-refractivity contribution < 1.29 is 4.79 Å². The molecule has 1 saturated heterocycles. The van der Waals surface area contributed by atoms with E-state index in [9.17, 15) is 4.79 Å². The number of rotatable bonds is 3. The van der Waals surface area contributed by atoms with Gasteiger partial charge in [0.15, 0.2) is 5.78 Å². The molecule has 86 valence electrons. The summed E-state index contributed by atoms with van der Waals surface area (Å²) in [6.07, 6.45) is 1.02. The van der Waals surface area contributed by atoms with Crippen LogP contribution in [0.15, 0.2) is 24.3 Å².